The smallest absolute Gasteiger partial charge is 0.156 e. The van der Waals surface area contributed by atoms with Gasteiger partial charge in [0.2, 0.25) is 0 Å². The second kappa shape index (κ2) is 3.39. The molecule has 0 saturated carbocycles. The fraction of sp³-hybridized carbons (Fsp3) is 0.900. The number of carbonyl (C=O) groups is 1. The van der Waals surface area contributed by atoms with E-state index >= 15 is 0 Å². The molecule has 0 amide bonds. The van der Waals surface area contributed by atoms with Gasteiger partial charge in [-0.1, -0.05) is 20.8 Å². The third-order valence-electron chi connectivity index (χ3n) is 2.62. The lowest BCUT2D eigenvalue weighted by molar-refractivity contribution is -0.130. The number of rotatable bonds is 1. The lowest BCUT2D eigenvalue weighted by Crippen LogP contribution is -2.45. The maximum Gasteiger partial charge on any atom is 0.156 e. The first-order valence-corrected chi connectivity index (χ1v) is 4.82. The molecule has 1 fully saturated rings. The summed E-state index contributed by atoms with van der Waals surface area (Å²) in [6.07, 6.45) is 0. The van der Waals surface area contributed by atoms with E-state index in [1.165, 1.54) is 0 Å². The first kappa shape index (κ1) is 10.7. The molecule has 0 bridgehead atoms. The van der Waals surface area contributed by atoms with Crippen LogP contribution in [-0.2, 0) is 4.79 Å². The zero-order valence-corrected chi connectivity index (χ0v) is 9.22. The number of hydrogen-bond acceptors (Lipinski definition) is 3. The second-order valence-electron chi connectivity index (χ2n) is 4.97. The zero-order chi connectivity index (χ0) is 10.2. The van der Waals surface area contributed by atoms with Gasteiger partial charge in [0.25, 0.3) is 0 Å². The molecule has 0 spiro atoms. The van der Waals surface area contributed by atoms with Crippen LogP contribution < -0.4 is 5.32 Å². The summed E-state index contributed by atoms with van der Waals surface area (Å²) in [5, 5.41) is 3.28. The Morgan fingerprint density at radius 3 is 2.31 bits per heavy atom. The Morgan fingerprint density at radius 2 is 2.00 bits per heavy atom. The van der Waals surface area contributed by atoms with Crippen LogP contribution in [0.5, 0.6) is 0 Å². The van der Waals surface area contributed by atoms with Gasteiger partial charge in [0, 0.05) is 18.1 Å². The monoisotopic (exact) mass is 184 g/mol. The van der Waals surface area contributed by atoms with Crippen LogP contribution >= 0.6 is 0 Å². The molecule has 1 rings (SSSR count). The van der Waals surface area contributed by atoms with Crippen LogP contribution in [0.25, 0.3) is 0 Å². The van der Waals surface area contributed by atoms with Gasteiger partial charge >= 0.3 is 0 Å². The zero-order valence-electron chi connectivity index (χ0n) is 9.22. The van der Waals surface area contributed by atoms with Gasteiger partial charge in [-0.15, -0.1) is 0 Å². The number of Topliss-reactive ketones (excluding diaryl/α,β-unsaturated/α-hetero) is 1. The van der Waals surface area contributed by atoms with Crippen LogP contribution in [-0.4, -0.2) is 36.5 Å². The summed E-state index contributed by atoms with van der Waals surface area (Å²) in [7, 11) is 1.99. The molecule has 1 aliphatic heterocycles. The Balaban J connectivity index is 2.76. The normalized spacial score (nSPS) is 30.8. The predicted molar refractivity (Wildman–Crippen MR) is 53.5 cm³/mol. The van der Waals surface area contributed by atoms with Gasteiger partial charge in [0.15, 0.2) is 5.78 Å². The van der Waals surface area contributed by atoms with E-state index in [1.54, 1.807) is 0 Å². The van der Waals surface area contributed by atoms with Crippen LogP contribution in [0.15, 0.2) is 0 Å². The lowest BCUT2D eigenvalue weighted by atomic mass is 9.84. The highest BCUT2D eigenvalue weighted by Gasteiger charge is 2.38. The molecule has 2 unspecified atom stereocenters. The number of nitrogens with one attached hydrogen (secondary N) is 1. The Hall–Kier alpha value is -0.410. The maximum atomic E-state index is 12.0. The number of hydrogen-bond donors (Lipinski definition) is 1. The molecule has 0 radical (unpaired) electrons. The number of nitrogens with zero attached hydrogens (tertiary/aromatic N) is 1. The average Bonchev–Trinajstić information content (AvgIpc) is 2.28. The fourth-order valence-corrected chi connectivity index (χ4v) is 1.75. The van der Waals surface area contributed by atoms with E-state index in [4.69, 9.17) is 0 Å². The van der Waals surface area contributed by atoms with E-state index in [1.807, 2.05) is 27.8 Å². The van der Waals surface area contributed by atoms with Gasteiger partial charge in [-0.05, 0) is 14.0 Å². The first-order valence-electron chi connectivity index (χ1n) is 4.82. The van der Waals surface area contributed by atoms with Crippen molar-refractivity contribution in [1.82, 2.24) is 10.2 Å². The van der Waals surface area contributed by atoms with E-state index in [0.717, 1.165) is 6.67 Å². The third-order valence-corrected chi connectivity index (χ3v) is 2.62. The van der Waals surface area contributed by atoms with Gasteiger partial charge < -0.3 is 0 Å². The first-order chi connectivity index (χ1) is 5.84. The highest BCUT2D eigenvalue weighted by Crippen LogP contribution is 2.22. The largest absolute Gasteiger partial charge is 0.300 e. The van der Waals surface area contributed by atoms with Gasteiger partial charge in [-0.3, -0.25) is 15.0 Å². The molecule has 1 N–H and O–H groups in total. The predicted octanol–water partition coefficient (Wildman–Crippen LogP) is 0.851. The van der Waals surface area contributed by atoms with Crippen molar-refractivity contribution < 1.29 is 4.79 Å². The average molecular weight is 184 g/mol. The topological polar surface area (TPSA) is 32.3 Å². The van der Waals surface area contributed by atoms with E-state index in [-0.39, 0.29) is 17.5 Å². The van der Waals surface area contributed by atoms with Crippen molar-refractivity contribution in [3.63, 3.8) is 0 Å². The van der Waals surface area contributed by atoms with E-state index in [0.29, 0.717) is 5.78 Å². The standard InChI is InChI=1S/C10H20N2O/c1-7-8(12(5)6-11-7)9(13)10(2,3)4/h7-8,11H,6H2,1-5H3. The molecule has 1 aliphatic rings. The Bertz CT molecular complexity index is 197. The molecular weight excluding hydrogens is 164 g/mol. The molecule has 13 heavy (non-hydrogen) atoms. The van der Waals surface area contributed by atoms with Crippen LogP contribution in [0.4, 0.5) is 0 Å². The highest BCUT2D eigenvalue weighted by atomic mass is 16.1. The number of likely N-dealkylation sites (N-methyl/N-ethyl adjacent to an activating group) is 1. The molecule has 0 aromatic rings. The van der Waals surface area contributed by atoms with Crippen LogP contribution in [0.1, 0.15) is 27.7 Å². The van der Waals surface area contributed by atoms with Crippen molar-refractivity contribution in [2.24, 2.45) is 5.41 Å². The summed E-state index contributed by atoms with van der Waals surface area (Å²) < 4.78 is 0. The van der Waals surface area contributed by atoms with Crippen molar-refractivity contribution in [3.05, 3.63) is 0 Å². The Kier molecular flexibility index (Phi) is 2.78. The number of ketones is 1. The van der Waals surface area contributed by atoms with Crippen molar-refractivity contribution >= 4 is 5.78 Å². The summed E-state index contributed by atoms with van der Waals surface area (Å²) in [4.78, 5) is 14.1. The summed E-state index contributed by atoms with van der Waals surface area (Å²) in [5.41, 5.74) is -0.237. The minimum Gasteiger partial charge on any atom is -0.300 e. The van der Waals surface area contributed by atoms with Crippen molar-refractivity contribution in [2.75, 3.05) is 13.7 Å². The molecule has 0 aromatic carbocycles. The third kappa shape index (κ3) is 2.09. The summed E-state index contributed by atoms with van der Waals surface area (Å²) >= 11 is 0. The second-order valence-corrected chi connectivity index (χ2v) is 4.97. The van der Waals surface area contributed by atoms with E-state index in [9.17, 15) is 4.79 Å². The van der Waals surface area contributed by atoms with Crippen molar-refractivity contribution in [3.8, 4) is 0 Å². The van der Waals surface area contributed by atoms with Gasteiger partial charge in [0.05, 0.1) is 6.04 Å². The van der Waals surface area contributed by atoms with Gasteiger partial charge in [-0.2, -0.15) is 0 Å². The summed E-state index contributed by atoms with van der Waals surface area (Å²) in [5.74, 6) is 0.326. The number of carbonyl (C=O) groups excluding carboxylic acids is 1. The van der Waals surface area contributed by atoms with Crippen molar-refractivity contribution in [1.29, 1.82) is 0 Å². The SMILES string of the molecule is CC1NCN(C)C1C(=O)C(C)(C)C. The van der Waals surface area contributed by atoms with Crippen LogP contribution in [0.2, 0.25) is 0 Å². The Morgan fingerprint density at radius 1 is 1.46 bits per heavy atom. The molecule has 3 nitrogen and oxygen atoms in total. The van der Waals surface area contributed by atoms with Crippen LogP contribution in [0, 0.1) is 5.41 Å². The molecular formula is C10H20N2O. The highest BCUT2D eigenvalue weighted by molar-refractivity contribution is 5.89. The lowest BCUT2D eigenvalue weighted by Gasteiger charge is -2.27. The Labute approximate surface area is 80.5 Å². The molecule has 0 aromatic heterocycles. The van der Waals surface area contributed by atoms with E-state index < -0.39 is 0 Å². The van der Waals surface area contributed by atoms with Crippen molar-refractivity contribution in [2.45, 2.75) is 39.8 Å². The summed E-state index contributed by atoms with van der Waals surface area (Å²) in [6, 6.07) is 0.316. The molecule has 3 heteroatoms. The minimum absolute atomic E-state index is 0.0417. The maximum absolute atomic E-state index is 12.0. The van der Waals surface area contributed by atoms with Gasteiger partial charge in [0.1, 0.15) is 0 Å². The fourth-order valence-electron chi connectivity index (χ4n) is 1.75. The molecule has 1 saturated heterocycles. The molecule has 1 heterocycles. The molecule has 2 atom stereocenters. The van der Waals surface area contributed by atoms with Gasteiger partial charge in [-0.25, -0.2) is 0 Å². The quantitative estimate of drug-likeness (QED) is 0.656. The summed E-state index contributed by atoms with van der Waals surface area (Å²) in [6.45, 7) is 8.82. The molecule has 0 aliphatic carbocycles. The molecule has 76 valence electrons. The van der Waals surface area contributed by atoms with E-state index in [2.05, 4.69) is 17.1 Å². The minimum atomic E-state index is -0.237. The van der Waals surface area contributed by atoms with Crippen LogP contribution in [0.3, 0.4) is 0 Å².